The van der Waals surface area contributed by atoms with E-state index in [0.29, 0.717) is 0 Å². The zero-order chi connectivity index (χ0) is 14.5. The lowest BCUT2D eigenvalue weighted by atomic mass is 9.98. The van der Waals surface area contributed by atoms with Crippen LogP contribution in [0.3, 0.4) is 0 Å². The number of nitro groups is 1. The Labute approximate surface area is 120 Å². The lowest BCUT2D eigenvalue weighted by molar-refractivity contribution is -0.384. The van der Waals surface area contributed by atoms with Gasteiger partial charge in [-0.3, -0.25) is 15.0 Å². The van der Waals surface area contributed by atoms with Crippen molar-refractivity contribution in [3.05, 3.63) is 33.9 Å². The maximum absolute atomic E-state index is 10.9. The van der Waals surface area contributed by atoms with Crippen LogP contribution in [-0.2, 0) is 6.54 Å². The normalized spacial score (nSPS) is 17.1. The minimum Gasteiger partial charge on any atom is -0.385 e. The highest BCUT2D eigenvalue weighted by atomic mass is 16.6. The maximum Gasteiger partial charge on any atom is 0.269 e. The van der Waals surface area contributed by atoms with Gasteiger partial charge < -0.3 is 5.32 Å². The van der Waals surface area contributed by atoms with Crippen LogP contribution in [0.5, 0.6) is 0 Å². The van der Waals surface area contributed by atoms with E-state index in [-0.39, 0.29) is 10.6 Å². The summed E-state index contributed by atoms with van der Waals surface area (Å²) >= 11 is 0. The first-order valence-electron chi connectivity index (χ1n) is 7.33. The molecule has 0 radical (unpaired) electrons. The molecule has 1 aliphatic heterocycles. The molecule has 0 spiro atoms. The molecule has 0 amide bonds. The van der Waals surface area contributed by atoms with Gasteiger partial charge in [-0.1, -0.05) is 6.92 Å². The number of anilines is 1. The molecule has 5 heteroatoms. The van der Waals surface area contributed by atoms with Gasteiger partial charge in [0, 0.05) is 30.9 Å². The standard InChI is InChI=1S/C15H23N3O2/c1-3-16-15-5-4-14(18(19)20)10-13(15)11-17-8-6-12(2)7-9-17/h4-5,10,12,16H,3,6-9,11H2,1-2H3. The van der Waals surface area contributed by atoms with Crippen molar-refractivity contribution in [2.24, 2.45) is 5.92 Å². The summed E-state index contributed by atoms with van der Waals surface area (Å²) in [5.41, 5.74) is 2.21. The van der Waals surface area contributed by atoms with E-state index in [0.717, 1.165) is 43.3 Å². The van der Waals surface area contributed by atoms with Crippen LogP contribution in [-0.4, -0.2) is 29.5 Å². The van der Waals surface area contributed by atoms with Gasteiger partial charge in [-0.05, 0) is 50.4 Å². The number of non-ortho nitro benzene ring substituents is 1. The molecular formula is C15H23N3O2. The topological polar surface area (TPSA) is 58.4 Å². The molecule has 1 aromatic carbocycles. The van der Waals surface area contributed by atoms with Crippen LogP contribution in [0.25, 0.3) is 0 Å². The lowest BCUT2D eigenvalue weighted by Crippen LogP contribution is -2.32. The van der Waals surface area contributed by atoms with Crippen molar-refractivity contribution in [1.82, 2.24) is 4.90 Å². The van der Waals surface area contributed by atoms with E-state index in [1.807, 2.05) is 13.0 Å². The predicted molar refractivity (Wildman–Crippen MR) is 80.9 cm³/mol. The molecule has 1 fully saturated rings. The van der Waals surface area contributed by atoms with Crippen LogP contribution < -0.4 is 5.32 Å². The smallest absolute Gasteiger partial charge is 0.269 e. The summed E-state index contributed by atoms with van der Waals surface area (Å²) in [7, 11) is 0. The van der Waals surface area contributed by atoms with Crippen LogP contribution in [0.4, 0.5) is 11.4 Å². The summed E-state index contributed by atoms with van der Waals surface area (Å²) in [6.45, 7) is 8.09. The molecule has 20 heavy (non-hydrogen) atoms. The zero-order valence-electron chi connectivity index (χ0n) is 12.3. The zero-order valence-corrected chi connectivity index (χ0v) is 12.3. The van der Waals surface area contributed by atoms with Crippen molar-refractivity contribution < 1.29 is 4.92 Å². The van der Waals surface area contributed by atoms with Gasteiger partial charge in [0.1, 0.15) is 0 Å². The minimum atomic E-state index is -0.322. The Morgan fingerprint density at radius 3 is 2.70 bits per heavy atom. The van der Waals surface area contributed by atoms with Gasteiger partial charge in [-0.15, -0.1) is 0 Å². The molecule has 0 unspecified atom stereocenters. The van der Waals surface area contributed by atoms with Crippen LogP contribution in [0, 0.1) is 16.0 Å². The van der Waals surface area contributed by atoms with E-state index in [1.54, 1.807) is 12.1 Å². The third-order valence-electron chi connectivity index (χ3n) is 3.94. The third-order valence-corrected chi connectivity index (χ3v) is 3.94. The Bertz CT molecular complexity index is 468. The largest absolute Gasteiger partial charge is 0.385 e. The summed E-state index contributed by atoms with van der Waals surface area (Å²) in [6.07, 6.45) is 2.43. The van der Waals surface area contributed by atoms with Crippen molar-refractivity contribution in [2.45, 2.75) is 33.2 Å². The fourth-order valence-corrected chi connectivity index (χ4v) is 2.65. The summed E-state index contributed by atoms with van der Waals surface area (Å²) in [5, 5.41) is 14.2. The molecule has 0 bridgehead atoms. The molecule has 0 aromatic heterocycles. The Balaban J connectivity index is 2.14. The highest BCUT2D eigenvalue weighted by molar-refractivity contribution is 5.56. The molecular weight excluding hydrogens is 254 g/mol. The molecule has 0 saturated carbocycles. The number of likely N-dealkylation sites (tertiary alicyclic amines) is 1. The number of hydrogen-bond acceptors (Lipinski definition) is 4. The van der Waals surface area contributed by atoms with Gasteiger partial charge in [0.15, 0.2) is 0 Å². The van der Waals surface area contributed by atoms with E-state index in [4.69, 9.17) is 0 Å². The predicted octanol–water partition coefficient (Wildman–Crippen LogP) is 3.26. The number of piperidine rings is 1. The van der Waals surface area contributed by atoms with Crippen molar-refractivity contribution in [2.75, 3.05) is 25.0 Å². The van der Waals surface area contributed by atoms with Gasteiger partial charge in [0.2, 0.25) is 0 Å². The second-order valence-electron chi connectivity index (χ2n) is 5.59. The van der Waals surface area contributed by atoms with E-state index in [1.165, 1.54) is 12.8 Å². The highest BCUT2D eigenvalue weighted by Gasteiger charge is 2.18. The van der Waals surface area contributed by atoms with E-state index >= 15 is 0 Å². The maximum atomic E-state index is 10.9. The first-order chi connectivity index (χ1) is 9.60. The van der Waals surface area contributed by atoms with Crippen molar-refractivity contribution in [1.29, 1.82) is 0 Å². The van der Waals surface area contributed by atoms with Crippen LogP contribution in [0.15, 0.2) is 18.2 Å². The Kier molecular flexibility index (Phi) is 4.95. The molecule has 0 atom stereocenters. The Hall–Kier alpha value is -1.62. The Morgan fingerprint density at radius 2 is 2.10 bits per heavy atom. The molecule has 2 rings (SSSR count). The number of hydrogen-bond donors (Lipinski definition) is 1. The van der Waals surface area contributed by atoms with Crippen LogP contribution in [0.2, 0.25) is 0 Å². The molecule has 5 nitrogen and oxygen atoms in total. The van der Waals surface area contributed by atoms with E-state index in [9.17, 15) is 10.1 Å². The van der Waals surface area contributed by atoms with Crippen LogP contribution in [0.1, 0.15) is 32.3 Å². The quantitative estimate of drug-likeness (QED) is 0.663. The SMILES string of the molecule is CCNc1ccc([N+](=O)[O-])cc1CN1CCC(C)CC1. The summed E-state index contributed by atoms with van der Waals surface area (Å²) in [6, 6.07) is 5.10. The van der Waals surface area contributed by atoms with Gasteiger partial charge in [0.25, 0.3) is 5.69 Å². The molecule has 1 N–H and O–H groups in total. The molecule has 1 heterocycles. The minimum absolute atomic E-state index is 0.173. The van der Waals surface area contributed by atoms with Crippen molar-refractivity contribution in [3.63, 3.8) is 0 Å². The van der Waals surface area contributed by atoms with Crippen LogP contribution >= 0.6 is 0 Å². The Morgan fingerprint density at radius 1 is 1.40 bits per heavy atom. The van der Waals surface area contributed by atoms with Gasteiger partial charge >= 0.3 is 0 Å². The number of nitro benzene ring substituents is 1. The second kappa shape index (κ2) is 6.70. The number of benzene rings is 1. The average Bonchev–Trinajstić information content (AvgIpc) is 2.43. The number of rotatable bonds is 5. The summed E-state index contributed by atoms with van der Waals surface area (Å²) in [5.74, 6) is 0.796. The molecule has 1 aromatic rings. The van der Waals surface area contributed by atoms with E-state index in [2.05, 4.69) is 17.1 Å². The fraction of sp³-hybridized carbons (Fsp3) is 0.600. The van der Waals surface area contributed by atoms with Gasteiger partial charge in [0.05, 0.1) is 4.92 Å². The monoisotopic (exact) mass is 277 g/mol. The molecule has 0 aliphatic carbocycles. The fourth-order valence-electron chi connectivity index (χ4n) is 2.65. The number of nitrogens with one attached hydrogen (secondary N) is 1. The van der Waals surface area contributed by atoms with Crippen molar-refractivity contribution in [3.8, 4) is 0 Å². The lowest BCUT2D eigenvalue weighted by Gasteiger charge is -2.30. The third kappa shape index (κ3) is 3.70. The van der Waals surface area contributed by atoms with Gasteiger partial charge in [-0.2, -0.15) is 0 Å². The summed E-state index contributed by atoms with van der Waals surface area (Å²) < 4.78 is 0. The van der Waals surface area contributed by atoms with Crippen molar-refractivity contribution >= 4 is 11.4 Å². The van der Waals surface area contributed by atoms with E-state index < -0.39 is 0 Å². The highest BCUT2D eigenvalue weighted by Crippen LogP contribution is 2.25. The average molecular weight is 277 g/mol. The number of nitrogens with zero attached hydrogens (tertiary/aromatic N) is 2. The molecule has 110 valence electrons. The summed E-state index contributed by atoms with van der Waals surface area (Å²) in [4.78, 5) is 13.0. The van der Waals surface area contributed by atoms with Gasteiger partial charge in [-0.25, -0.2) is 0 Å². The second-order valence-corrected chi connectivity index (χ2v) is 5.59. The molecule has 1 saturated heterocycles. The first kappa shape index (κ1) is 14.8. The first-order valence-corrected chi connectivity index (χ1v) is 7.33. The molecule has 1 aliphatic rings.